The molecule has 0 spiro atoms. The van der Waals surface area contributed by atoms with Gasteiger partial charge in [0.2, 0.25) is 0 Å². The third kappa shape index (κ3) is 2.43. The van der Waals surface area contributed by atoms with Crippen LogP contribution in [0.5, 0.6) is 0 Å². The lowest BCUT2D eigenvalue weighted by Crippen LogP contribution is -2.49. The van der Waals surface area contributed by atoms with E-state index in [4.69, 9.17) is 4.74 Å². The van der Waals surface area contributed by atoms with Gasteiger partial charge in [0, 0.05) is 18.8 Å². The molecular weight excluding hydrogens is 228 g/mol. The van der Waals surface area contributed by atoms with Crippen molar-refractivity contribution >= 4 is 0 Å². The quantitative estimate of drug-likeness (QED) is 0.846. The maximum atomic E-state index is 5.65. The first-order valence-corrected chi connectivity index (χ1v) is 6.86. The van der Waals surface area contributed by atoms with Crippen molar-refractivity contribution in [3.05, 3.63) is 18.0 Å². The molecule has 2 aliphatic rings. The molecule has 1 aromatic rings. The number of hydrogen-bond acceptors (Lipinski definition) is 4. The Morgan fingerprint density at radius 1 is 1.33 bits per heavy atom. The molecule has 18 heavy (non-hydrogen) atoms. The number of ether oxygens (including phenoxy) is 1. The summed E-state index contributed by atoms with van der Waals surface area (Å²) in [6.07, 6.45) is 4.36. The number of nitrogens with zero attached hydrogens (tertiary/aromatic N) is 3. The summed E-state index contributed by atoms with van der Waals surface area (Å²) in [6, 6.07) is 3.12. The van der Waals surface area contributed by atoms with Crippen molar-refractivity contribution in [1.82, 2.24) is 20.0 Å². The minimum Gasteiger partial charge on any atom is -0.378 e. The van der Waals surface area contributed by atoms with Gasteiger partial charge in [0.1, 0.15) is 0 Å². The fourth-order valence-electron chi connectivity index (χ4n) is 3.10. The van der Waals surface area contributed by atoms with Gasteiger partial charge in [0.15, 0.2) is 0 Å². The van der Waals surface area contributed by atoms with Crippen LogP contribution in [0.3, 0.4) is 0 Å². The molecule has 0 radical (unpaired) electrons. The van der Waals surface area contributed by atoms with Crippen LogP contribution in [0.25, 0.3) is 0 Å². The van der Waals surface area contributed by atoms with Crippen molar-refractivity contribution in [2.45, 2.75) is 24.9 Å². The van der Waals surface area contributed by atoms with Gasteiger partial charge in [-0.1, -0.05) is 0 Å². The van der Waals surface area contributed by atoms with Gasteiger partial charge in [-0.15, -0.1) is 0 Å². The highest BCUT2D eigenvalue weighted by molar-refractivity contribution is 5.07. The molecule has 5 nitrogen and oxygen atoms in total. The van der Waals surface area contributed by atoms with E-state index in [1.54, 1.807) is 0 Å². The van der Waals surface area contributed by atoms with Crippen LogP contribution in [0.15, 0.2) is 12.3 Å². The zero-order chi connectivity index (χ0) is 12.4. The van der Waals surface area contributed by atoms with Crippen molar-refractivity contribution in [2.75, 3.05) is 39.9 Å². The van der Waals surface area contributed by atoms with Crippen LogP contribution in [0.2, 0.25) is 0 Å². The van der Waals surface area contributed by atoms with Gasteiger partial charge in [-0.3, -0.25) is 10.00 Å². The summed E-state index contributed by atoms with van der Waals surface area (Å²) < 4.78 is 5.65. The lowest BCUT2D eigenvalue weighted by Gasteiger charge is -2.43. The lowest BCUT2D eigenvalue weighted by atomic mass is 10.00. The number of morpholine rings is 1. The molecule has 2 aliphatic heterocycles. The number of piperidine rings is 1. The second kappa shape index (κ2) is 5.38. The monoisotopic (exact) mass is 250 g/mol. The van der Waals surface area contributed by atoms with Crippen LogP contribution >= 0.6 is 0 Å². The van der Waals surface area contributed by atoms with Gasteiger partial charge >= 0.3 is 0 Å². The Kier molecular flexibility index (Phi) is 3.63. The van der Waals surface area contributed by atoms with Gasteiger partial charge < -0.3 is 9.64 Å². The Hall–Kier alpha value is -0.910. The van der Waals surface area contributed by atoms with E-state index in [1.807, 2.05) is 6.20 Å². The molecule has 2 fully saturated rings. The predicted molar refractivity (Wildman–Crippen MR) is 69.4 cm³/mol. The number of nitrogens with one attached hydrogen (secondary N) is 1. The van der Waals surface area contributed by atoms with Crippen molar-refractivity contribution in [3.63, 3.8) is 0 Å². The van der Waals surface area contributed by atoms with E-state index >= 15 is 0 Å². The third-order valence-electron chi connectivity index (χ3n) is 4.21. The first-order chi connectivity index (χ1) is 8.84. The molecule has 0 saturated carbocycles. The van der Waals surface area contributed by atoms with Crippen molar-refractivity contribution in [1.29, 1.82) is 0 Å². The van der Waals surface area contributed by atoms with Crippen LogP contribution in [0.1, 0.15) is 24.6 Å². The number of hydrogen-bond donors (Lipinski definition) is 1. The zero-order valence-electron chi connectivity index (χ0n) is 11.0. The minimum atomic E-state index is 0.356. The molecule has 100 valence electrons. The predicted octanol–water partition coefficient (Wildman–Crippen LogP) is 0.877. The highest BCUT2D eigenvalue weighted by Gasteiger charge is 2.32. The number of H-pyrrole nitrogens is 1. The Morgan fingerprint density at radius 3 is 2.89 bits per heavy atom. The second-order valence-corrected chi connectivity index (χ2v) is 5.37. The topological polar surface area (TPSA) is 44.4 Å². The molecule has 2 saturated heterocycles. The Balaban J connectivity index is 1.72. The zero-order valence-corrected chi connectivity index (χ0v) is 11.0. The van der Waals surface area contributed by atoms with Crippen LogP contribution in [0, 0.1) is 0 Å². The SMILES string of the molecule is CN1CCC(N2CCOC[C@@H]2c2ccn[nH]2)CC1. The number of aromatic nitrogens is 2. The summed E-state index contributed by atoms with van der Waals surface area (Å²) in [5, 5.41) is 7.18. The van der Waals surface area contributed by atoms with E-state index in [9.17, 15) is 0 Å². The van der Waals surface area contributed by atoms with Gasteiger partial charge in [-0.25, -0.2) is 0 Å². The highest BCUT2D eigenvalue weighted by Crippen LogP contribution is 2.28. The van der Waals surface area contributed by atoms with E-state index in [2.05, 4.69) is 33.1 Å². The van der Waals surface area contributed by atoms with E-state index in [0.717, 1.165) is 19.8 Å². The average Bonchev–Trinajstić information content (AvgIpc) is 2.93. The molecule has 0 aromatic carbocycles. The largest absolute Gasteiger partial charge is 0.378 e. The lowest BCUT2D eigenvalue weighted by molar-refractivity contribution is -0.0429. The average molecular weight is 250 g/mol. The van der Waals surface area contributed by atoms with Crippen LogP contribution in [0.4, 0.5) is 0 Å². The molecule has 0 aliphatic carbocycles. The summed E-state index contributed by atoms with van der Waals surface area (Å²) in [6.45, 7) is 5.10. The fourth-order valence-corrected chi connectivity index (χ4v) is 3.10. The van der Waals surface area contributed by atoms with Crippen molar-refractivity contribution in [3.8, 4) is 0 Å². The summed E-state index contributed by atoms with van der Waals surface area (Å²) >= 11 is 0. The number of rotatable bonds is 2. The van der Waals surface area contributed by atoms with Gasteiger partial charge in [-0.2, -0.15) is 5.10 Å². The summed E-state index contributed by atoms with van der Waals surface area (Å²) in [4.78, 5) is 5.03. The molecule has 0 bridgehead atoms. The fraction of sp³-hybridized carbons (Fsp3) is 0.769. The third-order valence-corrected chi connectivity index (χ3v) is 4.21. The first-order valence-electron chi connectivity index (χ1n) is 6.86. The highest BCUT2D eigenvalue weighted by atomic mass is 16.5. The number of likely N-dealkylation sites (tertiary alicyclic amines) is 1. The van der Waals surface area contributed by atoms with E-state index in [0.29, 0.717) is 12.1 Å². The molecule has 1 aromatic heterocycles. The Labute approximate surface area is 108 Å². The second-order valence-electron chi connectivity index (χ2n) is 5.37. The summed E-state index contributed by atoms with van der Waals surface area (Å²) in [5.41, 5.74) is 1.19. The molecule has 1 N–H and O–H groups in total. The van der Waals surface area contributed by atoms with Gasteiger partial charge in [0.05, 0.1) is 24.9 Å². The molecule has 5 heteroatoms. The van der Waals surface area contributed by atoms with Gasteiger partial charge in [0.25, 0.3) is 0 Å². The molecule has 0 amide bonds. The van der Waals surface area contributed by atoms with E-state index in [-0.39, 0.29) is 0 Å². The van der Waals surface area contributed by atoms with Crippen LogP contribution in [-0.2, 0) is 4.74 Å². The van der Waals surface area contributed by atoms with Crippen molar-refractivity contribution < 1.29 is 4.74 Å². The smallest absolute Gasteiger partial charge is 0.0755 e. The number of aromatic amines is 1. The van der Waals surface area contributed by atoms with E-state index < -0.39 is 0 Å². The first kappa shape index (κ1) is 12.1. The summed E-state index contributed by atoms with van der Waals surface area (Å²) in [5.74, 6) is 0. The van der Waals surface area contributed by atoms with E-state index in [1.165, 1.54) is 31.6 Å². The van der Waals surface area contributed by atoms with Crippen LogP contribution < -0.4 is 0 Å². The van der Waals surface area contributed by atoms with Crippen molar-refractivity contribution in [2.24, 2.45) is 0 Å². The van der Waals surface area contributed by atoms with Crippen LogP contribution in [-0.4, -0.2) is 65.9 Å². The molecule has 3 rings (SSSR count). The maximum absolute atomic E-state index is 5.65. The standard InChI is InChI=1S/C13H22N4O/c1-16-6-3-11(4-7-16)17-8-9-18-10-13(17)12-2-5-14-15-12/h2,5,11,13H,3-4,6-10H2,1H3,(H,14,15)/t13-/m1/s1. The normalized spacial score (nSPS) is 28.6. The van der Waals surface area contributed by atoms with Gasteiger partial charge in [-0.05, 0) is 39.0 Å². The Bertz CT molecular complexity index is 359. The molecular formula is C13H22N4O. The Morgan fingerprint density at radius 2 is 2.17 bits per heavy atom. The molecule has 1 atom stereocenters. The maximum Gasteiger partial charge on any atom is 0.0755 e. The molecule has 3 heterocycles. The minimum absolute atomic E-state index is 0.356. The summed E-state index contributed by atoms with van der Waals surface area (Å²) in [7, 11) is 2.21. The molecule has 0 unspecified atom stereocenters.